The molecule has 0 unspecified atom stereocenters. The minimum atomic E-state index is 0.106. The number of hydrogen-bond acceptors (Lipinski definition) is 4. The number of benzene rings is 1. The molecule has 1 fully saturated rings. The molecule has 0 spiro atoms. The van der Waals surface area contributed by atoms with Gasteiger partial charge in [0.05, 0.1) is 11.3 Å². The number of carbonyl (C=O) groups excluding carboxylic acids is 1. The molecule has 1 aliphatic rings. The van der Waals surface area contributed by atoms with Crippen LogP contribution >= 0.6 is 11.8 Å². The first-order chi connectivity index (χ1) is 11.1. The second kappa shape index (κ2) is 7.30. The Morgan fingerprint density at radius 1 is 1.26 bits per heavy atom. The fraction of sp³-hybridized carbons (Fsp3) is 0.500. The number of nitrogens with one attached hydrogen (secondary N) is 1. The molecule has 1 aromatic carbocycles. The molecular weight excluding hydrogens is 306 g/mol. The number of amides is 1. The molecule has 4 nitrogen and oxygen atoms in total. The maximum atomic E-state index is 12.3. The fourth-order valence-corrected chi connectivity index (χ4v) is 4.06. The van der Waals surface area contributed by atoms with Crippen molar-refractivity contribution in [3.8, 4) is 0 Å². The van der Waals surface area contributed by atoms with Crippen LogP contribution in [0.5, 0.6) is 0 Å². The van der Waals surface area contributed by atoms with Crippen LogP contribution in [0.4, 0.5) is 0 Å². The van der Waals surface area contributed by atoms with E-state index in [0.717, 1.165) is 28.2 Å². The molecule has 1 amide bonds. The molecule has 2 aromatic rings. The van der Waals surface area contributed by atoms with E-state index in [2.05, 4.69) is 22.2 Å². The van der Waals surface area contributed by atoms with Gasteiger partial charge in [0.25, 0.3) is 0 Å². The van der Waals surface area contributed by atoms with Gasteiger partial charge >= 0.3 is 0 Å². The summed E-state index contributed by atoms with van der Waals surface area (Å²) in [5, 5.41) is 5.10. The SMILES string of the molecule is Cc1nc(SCC(=O)N[C@@H]2CCCC[C@@H]2C)c2ccccc2n1. The Hall–Kier alpha value is -1.62. The van der Waals surface area contributed by atoms with Crippen molar-refractivity contribution in [1.29, 1.82) is 0 Å². The van der Waals surface area contributed by atoms with Crippen LogP contribution in [0.1, 0.15) is 38.4 Å². The average molecular weight is 329 g/mol. The van der Waals surface area contributed by atoms with Gasteiger partial charge in [0, 0.05) is 11.4 Å². The lowest BCUT2D eigenvalue weighted by atomic mass is 9.86. The van der Waals surface area contributed by atoms with E-state index in [9.17, 15) is 4.79 Å². The molecule has 0 aliphatic heterocycles. The highest BCUT2D eigenvalue weighted by Gasteiger charge is 2.22. The molecule has 1 N–H and O–H groups in total. The topological polar surface area (TPSA) is 54.9 Å². The lowest BCUT2D eigenvalue weighted by Crippen LogP contribution is -2.41. The van der Waals surface area contributed by atoms with Crippen LogP contribution in [-0.4, -0.2) is 27.7 Å². The van der Waals surface area contributed by atoms with Crippen LogP contribution in [0.15, 0.2) is 29.3 Å². The Balaban J connectivity index is 1.65. The van der Waals surface area contributed by atoms with Crippen LogP contribution in [0, 0.1) is 12.8 Å². The van der Waals surface area contributed by atoms with Crippen molar-refractivity contribution in [1.82, 2.24) is 15.3 Å². The quantitative estimate of drug-likeness (QED) is 0.686. The van der Waals surface area contributed by atoms with E-state index >= 15 is 0 Å². The van der Waals surface area contributed by atoms with E-state index in [1.165, 1.54) is 31.0 Å². The van der Waals surface area contributed by atoms with Crippen molar-refractivity contribution in [2.45, 2.75) is 50.6 Å². The van der Waals surface area contributed by atoms with Crippen molar-refractivity contribution in [2.75, 3.05) is 5.75 Å². The van der Waals surface area contributed by atoms with Crippen LogP contribution in [-0.2, 0) is 4.79 Å². The molecular formula is C18H23N3OS. The lowest BCUT2D eigenvalue weighted by molar-refractivity contribution is -0.119. The minimum Gasteiger partial charge on any atom is -0.352 e. The van der Waals surface area contributed by atoms with Gasteiger partial charge in [0.15, 0.2) is 0 Å². The molecule has 0 bridgehead atoms. The summed E-state index contributed by atoms with van der Waals surface area (Å²) in [6.07, 6.45) is 4.83. The third-order valence-corrected chi connectivity index (χ3v) is 5.47. The second-order valence-corrected chi connectivity index (χ2v) is 7.28. The molecule has 23 heavy (non-hydrogen) atoms. The van der Waals surface area contributed by atoms with Gasteiger partial charge in [-0.1, -0.05) is 49.7 Å². The first-order valence-corrected chi connectivity index (χ1v) is 9.27. The van der Waals surface area contributed by atoms with Crippen LogP contribution < -0.4 is 5.32 Å². The highest BCUT2D eigenvalue weighted by molar-refractivity contribution is 8.00. The summed E-state index contributed by atoms with van der Waals surface area (Å²) in [5.74, 6) is 1.84. The molecule has 122 valence electrons. The standard InChI is InChI=1S/C18H23N3OS/c1-12-7-3-5-9-15(12)21-17(22)11-23-18-14-8-4-6-10-16(14)19-13(2)20-18/h4,6,8,10,12,15H,3,5,7,9,11H2,1-2H3,(H,21,22)/t12-,15+/m0/s1. The van der Waals surface area contributed by atoms with Crippen LogP contribution in [0.25, 0.3) is 10.9 Å². The van der Waals surface area contributed by atoms with E-state index in [-0.39, 0.29) is 5.91 Å². The van der Waals surface area contributed by atoms with Crippen molar-refractivity contribution < 1.29 is 4.79 Å². The Labute approximate surface area is 141 Å². The van der Waals surface area contributed by atoms with Gasteiger partial charge in [-0.3, -0.25) is 4.79 Å². The number of hydrogen-bond donors (Lipinski definition) is 1. The zero-order valence-electron chi connectivity index (χ0n) is 13.7. The highest BCUT2D eigenvalue weighted by Crippen LogP contribution is 2.26. The van der Waals surface area contributed by atoms with Crippen LogP contribution in [0.2, 0.25) is 0 Å². The van der Waals surface area contributed by atoms with Crippen LogP contribution in [0.3, 0.4) is 0 Å². The summed E-state index contributed by atoms with van der Waals surface area (Å²) in [5.41, 5.74) is 0.934. The predicted octanol–water partition coefficient (Wildman–Crippen LogP) is 3.73. The average Bonchev–Trinajstić information content (AvgIpc) is 2.54. The highest BCUT2D eigenvalue weighted by atomic mass is 32.2. The number of nitrogens with zero attached hydrogens (tertiary/aromatic N) is 2. The third-order valence-electron chi connectivity index (χ3n) is 4.48. The van der Waals surface area contributed by atoms with Gasteiger partial charge in [-0.05, 0) is 31.7 Å². The smallest absolute Gasteiger partial charge is 0.230 e. The van der Waals surface area contributed by atoms with Gasteiger partial charge in [0.1, 0.15) is 10.9 Å². The van der Waals surface area contributed by atoms with Gasteiger partial charge in [-0.2, -0.15) is 0 Å². The molecule has 1 aliphatic carbocycles. The first-order valence-electron chi connectivity index (χ1n) is 8.29. The summed E-state index contributed by atoms with van der Waals surface area (Å²) in [7, 11) is 0. The molecule has 2 atom stereocenters. The number of para-hydroxylation sites is 1. The number of aromatic nitrogens is 2. The molecule has 5 heteroatoms. The number of rotatable bonds is 4. The first kappa shape index (κ1) is 16.2. The molecule has 3 rings (SSSR count). The molecule has 1 aromatic heterocycles. The van der Waals surface area contributed by atoms with E-state index in [4.69, 9.17) is 0 Å². The maximum Gasteiger partial charge on any atom is 0.230 e. The fourth-order valence-electron chi connectivity index (χ4n) is 3.18. The normalized spacial score (nSPS) is 21.3. The molecule has 0 saturated heterocycles. The van der Waals surface area contributed by atoms with Crippen molar-refractivity contribution >= 4 is 28.6 Å². The Morgan fingerprint density at radius 2 is 2.04 bits per heavy atom. The second-order valence-electron chi connectivity index (χ2n) is 6.32. The molecule has 1 saturated carbocycles. The summed E-state index contributed by atoms with van der Waals surface area (Å²) in [4.78, 5) is 21.2. The number of thioether (sulfide) groups is 1. The van der Waals surface area contributed by atoms with E-state index in [1.807, 2.05) is 31.2 Å². The lowest BCUT2D eigenvalue weighted by Gasteiger charge is -2.29. The largest absolute Gasteiger partial charge is 0.352 e. The van der Waals surface area contributed by atoms with Crippen molar-refractivity contribution in [2.24, 2.45) is 5.92 Å². The van der Waals surface area contributed by atoms with Gasteiger partial charge in [-0.15, -0.1) is 0 Å². The van der Waals surface area contributed by atoms with Gasteiger partial charge < -0.3 is 5.32 Å². The zero-order chi connectivity index (χ0) is 16.2. The van der Waals surface area contributed by atoms with Crippen molar-refractivity contribution in [3.05, 3.63) is 30.1 Å². The third kappa shape index (κ3) is 4.02. The number of carbonyl (C=O) groups is 1. The zero-order valence-corrected chi connectivity index (χ0v) is 14.5. The number of aryl methyl sites for hydroxylation is 1. The molecule has 1 heterocycles. The van der Waals surface area contributed by atoms with E-state index in [0.29, 0.717) is 17.7 Å². The van der Waals surface area contributed by atoms with E-state index < -0.39 is 0 Å². The summed E-state index contributed by atoms with van der Waals surface area (Å²) < 4.78 is 0. The van der Waals surface area contributed by atoms with E-state index in [1.54, 1.807) is 0 Å². The predicted molar refractivity (Wildman–Crippen MR) is 94.6 cm³/mol. The Morgan fingerprint density at radius 3 is 2.87 bits per heavy atom. The number of fused-ring (bicyclic) bond motifs is 1. The summed E-state index contributed by atoms with van der Waals surface area (Å²) >= 11 is 1.50. The van der Waals surface area contributed by atoms with Gasteiger partial charge in [0.2, 0.25) is 5.91 Å². The minimum absolute atomic E-state index is 0.106. The van der Waals surface area contributed by atoms with Crippen molar-refractivity contribution in [3.63, 3.8) is 0 Å². The molecule has 0 radical (unpaired) electrons. The maximum absolute atomic E-state index is 12.3. The Kier molecular flexibility index (Phi) is 5.16. The van der Waals surface area contributed by atoms with Gasteiger partial charge in [-0.25, -0.2) is 9.97 Å². The summed E-state index contributed by atoms with van der Waals surface area (Å²) in [6, 6.07) is 8.28. The monoisotopic (exact) mass is 329 g/mol. The summed E-state index contributed by atoms with van der Waals surface area (Å²) in [6.45, 7) is 4.12. The Bertz CT molecular complexity index is 704.